The summed E-state index contributed by atoms with van der Waals surface area (Å²) < 4.78 is 22.6. The van der Waals surface area contributed by atoms with Gasteiger partial charge in [-0.3, -0.25) is 0 Å². The van der Waals surface area contributed by atoms with E-state index in [1.807, 2.05) is 24.3 Å². The van der Waals surface area contributed by atoms with Crippen LogP contribution >= 0.6 is 0 Å². The molecule has 0 radical (unpaired) electrons. The molecule has 3 nitrogen and oxygen atoms in total. The molecule has 4 heteroatoms. The third kappa shape index (κ3) is 5.25. The van der Waals surface area contributed by atoms with Gasteiger partial charge in [-0.1, -0.05) is 42.8 Å². The lowest BCUT2D eigenvalue weighted by molar-refractivity contribution is 0.350. The van der Waals surface area contributed by atoms with E-state index in [9.17, 15) is 8.42 Å². The zero-order valence-electron chi connectivity index (χ0n) is 13.8. The summed E-state index contributed by atoms with van der Waals surface area (Å²) in [5.74, 6) is 1.50. The molecule has 0 aromatic heterocycles. The van der Waals surface area contributed by atoms with E-state index < -0.39 is 9.84 Å². The quantitative estimate of drug-likeness (QED) is 0.818. The van der Waals surface area contributed by atoms with Crippen LogP contribution in [0.3, 0.4) is 0 Å². The molecule has 2 atom stereocenters. The normalized spacial score (nSPS) is 22.4. The van der Waals surface area contributed by atoms with Crippen molar-refractivity contribution in [2.75, 3.05) is 12.8 Å². The van der Waals surface area contributed by atoms with Gasteiger partial charge in [0.2, 0.25) is 0 Å². The lowest BCUT2D eigenvalue weighted by Crippen LogP contribution is -2.29. The Hall–Kier alpha value is -1.13. The fraction of sp³-hybridized carbons (Fsp3) is 0.556. The zero-order chi connectivity index (χ0) is 16.2. The van der Waals surface area contributed by atoms with Crippen LogP contribution in [0.4, 0.5) is 0 Å². The largest absolute Gasteiger partial charge is 0.312 e. The summed E-state index contributed by atoms with van der Waals surface area (Å²) in [6.07, 6.45) is 6.13. The standard InChI is InChI=1S/C18H27NO2S/c1-14-5-4-6-15(2)18(14)12-19-11-16-7-9-17(10-8-16)13-22(3,20)21/h5,7-10,15,18-19H,4,6,11-13H2,1-3H3. The van der Waals surface area contributed by atoms with Crippen molar-refractivity contribution in [2.45, 2.75) is 39.0 Å². The van der Waals surface area contributed by atoms with Gasteiger partial charge in [0.1, 0.15) is 0 Å². The lowest BCUT2D eigenvalue weighted by atomic mass is 9.80. The van der Waals surface area contributed by atoms with Gasteiger partial charge >= 0.3 is 0 Å². The molecule has 1 aliphatic rings. The zero-order valence-corrected chi connectivity index (χ0v) is 14.6. The van der Waals surface area contributed by atoms with Crippen LogP contribution < -0.4 is 5.32 Å². The second-order valence-corrected chi connectivity index (χ2v) is 8.77. The molecule has 2 unspecified atom stereocenters. The summed E-state index contributed by atoms with van der Waals surface area (Å²) in [5, 5.41) is 3.54. The topological polar surface area (TPSA) is 46.2 Å². The first kappa shape index (κ1) is 17.2. The third-order valence-electron chi connectivity index (χ3n) is 4.51. The summed E-state index contributed by atoms with van der Waals surface area (Å²) in [4.78, 5) is 0. The highest BCUT2D eigenvalue weighted by Crippen LogP contribution is 2.29. The highest BCUT2D eigenvalue weighted by Gasteiger charge is 2.21. The van der Waals surface area contributed by atoms with Gasteiger partial charge in [0.15, 0.2) is 9.84 Å². The fourth-order valence-electron chi connectivity index (χ4n) is 3.17. The molecule has 122 valence electrons. The van der Waals surface area contributed by atoms with E-state index in [0.717, 1.165) is 24.6 Å². The second kappa shape index (κ2) is 7.42. The number of hydrogen-bond donors (Lipinski definition) is 1. The maximum absolute atomic E-state index is 11.3. The van der Waals surface area contributed by atoms with Crippen molar-refractivity contribution < 1.29 is 8.42 Å². The Balaban J connectivity index is 1.84. The number of rotatable bonds is 6. The van der Waals surface area contributed by atoms with Crippen LogP contribution in [0.2, 0.25) is 0 Å². The third-order valence-corrected chi connectivity index (χ3v) is 5.36. The predicted octanol–water partition coefficient (Wildman–Crippen LogP) is 3.31. The van der Waals surface area contributed by atoms with E-state index in [2.05, 4.69) is 25.2 Å². The summed E-state index contributed by atoms with van der Waals surface area (Å²) in [5.41, 5.74) is 3.56. The molecule has 2 rings (SSSR count). The Morgan fingerprint density at radius 2 is 1.82 bits per heavy atom. The summed E-state index contributed by atoms with van der Waals surface area (Å²) in [7, 11) is -2.96. The number of nitrogens with one attached hydrogen (secondary N) is 1. The van der Waals surface area contributed by atoms with Crippen molar-refractivity contribution in [1.82, 2.24) is 5.32 Å². The van der Waals surface area contributed by atoms with Crippen molar-refractivity contribution in [2.24, 2.45) is 11.8 Å². The minimum Gasteiger partial charge on any atom is -0.312 e. The summed E-state index contributed by atoms with van der Waals surface area (Å²) in [6.45, 7) is 6.41. The molecule has 0 spiro atoms. The predicted molar refractivity (Wildman–Crippen MR) is 92.3 cm³/mol. The molecule has 1 aromatic carbocycles. The summed E-state index contributed by atoms with van der Waals surface area (Å²) >= 11 is 0. The van der Waals surface area contributed by atoms with Gasteiger partial charge < -0.3 is 5.32 Å². The van der Waals surface area contributed by atoms with E-state index >= 15 is 0 Å². The molecule has 0 fully saturated rings. The van der Waals surface area contributed by atoms with Crippen LogP contribution in [0.1, 0.15) is 37.8 Å². The second-order valence-electron chi connectivity index (χ2n) is 6.63. The molecular weight excluding hydrogens is 294 g/mol. The van der Waals surface area contributed by atoms with E-state index in [4.69, 9.17) is 0 Å². The minimum absolute atomic E-state index is 0.115. The van der Waals surface area contributed by atoms with Gasteiger partial charge in [-0.25, -0.2) is 8.42 Å². The van der Waals surface area contributed by atoms with Gasteiger partial charge in [-0.2, -0.15) is 0 Å². The molecule has 0 aliphatic heterocycles. The van der Waals surface area contributed by atoms with Crippen molar-refractivity contribution in [3.63, 3.8) is 0 Å². The molecular formula is C18H27NO2S. The Morgan fingerprint density at radius 3 is 2.41 bits per heavy atom. The van der Waals surface area contributed by atoms with Crippen LogP contribution in [-0.2, 0) is 22.1 Å². The van der Waals surface area contributed by atoms with Crippen molar-refractivity contribution >= 4 is 9.84 Å². The van der Waals surface area contributed by atoms with E-state index in [1.165, 1.54) is 30.2 Å². The number of benzene rings is 1. The van der Waals surface area contributed by atoms with Crippen LogP contribution in [0, 0.1) is 11.8 Å². The first-order valence-electron chi connectivity index (χ1n) is 7.98. The highest BCUT2D eigenvalue weighted by molar-refractivity contribution is 7.89. The number of allylic oxidation sites excluding steroid dienone is 1. The Bertz CT molecular complexity index is 617. The van der Waals surface area contributed by atoms with Crippen molar-refractivity contribution in [3.8, 4) is 0 Å². The first-order chi connectivity index (χ1) is 10.3. The number of hydrogen-bond acceptors (Lipinski definition) is 3. The van der Waals surface area contributed by atoms with Crippen molar-refractivity contribution in [3.05, 3.63) is 47.0 Å². The van der Waals surface area contributed by atoms with E-state index in [1.54, 1.807) is 0 Å². The molecule has 0 saturated heterocycles. The Labute approximate surface area is 134 Å². The van der Waals surface area contributed by atoms with Gasteiger partial charge in [-0.05, 0) is 42.7 Å². The SMILES string of the molecule is CC1=CCCC(C)C1CNCc1ccc(CS(C)(=O)=O)cc1. The van der Waals surface area contributed by atoms with Gasteiger partial charge in [0.25, 0.3) is 0 Å². The maximum atomic E-state index is 11.3. The molecule has 0 heterocycles. The molecule has 1 aliphatic carbocycles. The van der Waals surface area contributed by atoms with Crippen LogP contribution in [0.25, 0.3) is 0 Å². The Kier molecular flexibility index (Phi) is 5.81. The molecule has 0 bridgehead atoms. The summed E-state index contributed by atoms with van der Waals surface area (Å²) in [6, 6.07) is 7.85. The van der Waals surface area contributed by atoms with Crippen LogP contribution in [-0.4, -0.2) is 21.2 Å². The van der Waals surface area contributed by atoms with Gasteiger partial charge in [0.05, 0.1) is 5.75 Å². The molecule has 0 saturated carbocycles. The first-order valence-corrected chi connectivity index (χ1v) is 10.0. The average Bonchev–Trinajstić information content (AvgIpc) is 2.42. The molecule has 1 aromatic rings. The van der Waals surface area contributed by atoms with Crippen LogP contribution in [0.15, 0.2) is 35.9 Å². The van der Waals surface area contributed by atoms with Gasteiger partial charge in [-0.15, -0.1) is 0 Å². The maximum Gasteiger partial charge on any atom is 0.151 e. The van der Waals surface area contributed by atoms with E-state index in [0.29, 0.717) is 5.92 Å². The molecule has 0 amide bonds. The fourth-order valence-corrected chi connectivity index (χ4v) is 3.96. The molecule has 1 N–H and O–H groups in total. The number of sulfone groups is 1. The lowest BCUT2D eigenvalue weighted by Gasteiger charge is -2.29. The highest BCUT2D eigenvalue weighted by atomic mass is 32.2. The van der Waals surface area contributed by atoms with Crippen molar-refractivity contribution in [1.29, 1.82) is 0 Å². The Morgan fingerprint density at radius 1 is 1.18 bits per heavy atom. The van der Waals surface area contributed by atoms with Crippen LogP contribution in [0.5, 0.6) is 0 Å². The minimum atomic E-state index is -2.96. The van der Waals surface area contributed by atoms with E-state index in [-0.39, 0.29) is 5.75 Å². The monoisotopic (exact) mass is 321 g/mol. The average molecular weight is 321 g/mol. The van der Waals surface area contributed by atoms with Gasteiger partial charge in [0, 0.05) is 19.3 Å². The smallest absolute Gasteiger partial charge is 0.151 e. The molecule has 22 heavy (non-hydrogen) atoms.